The van der Waals surface area contributed by atoms with Gasteiger partial charge < -0.3 is 5.32 Å². The van der Waals surface area contributed by atoms with Gasteiger partial charge in [0.2, 0.25) is 0 Å². The highest BCUT2D eigenvalue weighted by atomic mass is 15.2. The van der Waals surface area contributed by atoms with E-state index in [9.17, 15) is 0 Å². The maximum Gasteiger partial charge on any atom is 0.0521 e. The van der Waals surface area contributed by atoms with Gasteiger partial charge in [0.15, 0.2) is 0 Å². The monoisotopic (exact) mass is 235 g/mol. The normalized spacial score (nSPS) is 26.3. The van der Waals surface area contributed by atoms with Crippen LogP contribution in [0.2, 0.25) is 0 Å². The van der Waals surface area contributed by atoms with E-state index in [1.807, 2.05) is 17.9 Å². The van der Waals surface area contributed by atoms with E-state index in [1.165, 1.54) is 31.2 Å². The Morgan fingerprint density at radius 3 is 2.88 bits per heavy atom. The van der Waals surface area contributed by atoms with Crippen LogP contribution in [0.1, 0.15) is 38.2 Å². The second-order valence-electron chi connectivity index (χ2n) is 5.63. The Kier molecular flexibility index (Phi) is 4.21. The molecule has 2 rings (SSSR count). The number of hydrogen-bond donors (Lipinski definition) is 1. The highest BCUT2D eigenvalue weighted by Gasteiger charge is 2.27. The summed E-state index contributed by atoms with van der Waals surface area (Å²) < 4.78 is 1.89. The van der Waals surface area contributed by atoms with Crippen LogP contribution < -0.4 is 5.32 Å². The molecule has 96 valence electrons. The minimum Gasteiger partial charge on any atom is -0.317 e. The number of aromatic nitrogens is 2. The molecule has 0 saturated heterocycles. The van der Waals surface area contributed by atoms with E-state index in [1.54, 1.807) is 0 Å². The van der Waals surface area contributed by atoms with Crippen molar-refractivity contribution in [2.24, 2.45) is 18.9 Å². The van der Waals surface area contributed by atoms with Crippen molar-refractivity contribution >= 4 is 0 Å². The predicted octanol–water partition coefficient (Wildman–Crippen LogP) is 2.38. The van der Waals surface area contributed by atoms with Crippen molar-refractivity contribution in [2.45, 2.75) is 45.1 Å². The molecule has 1 aromatic rings. The van der Waals surface area contributed by atoms with Crippen LogP contribution in [0, 0.1) is 11.8 Å². The minimum absolute atomic E-state index is 0.681. The molecule has 0 aromatic carbocycles. The molecule has 0 amide bonds. The zero-order valence-electron chi connectivity index (χ0n) is 11.3. The summed E-state index contributed by atoms with van der Waals surface area (Å²) >= 11 is 0. The molecule has 3 atom stereocenters. The van der Waals surface area contributed by atoms with Gasteiger partial charge in [-0.3, -0.25) is 4.68 Å². The van der Waals surface area contributed by atoms with Crippen molar-refractivity contribution in [3.8, 4) is 0 Å². The average Bonchev–Trinajstić information content (AvgIpc) is 2.89. The van der Waals surface area contributed by atoms with E-state index in [0.29, 0.717) is 6.04 Å². The molecule has 0 spiro atoms. The zero-order chi connectivity index (χ0) is 12.3. The zero-order valence-corrected chi connectivity index (χ0v) is 11.3. The van der Waals surface area contributed by atoms with Crippen molar-refractivity contribution in [2.75, 3.05) is 7.05 Å². The summed E-state index contributed by atoms with van der Waals surface area (Å²) in [6.45, 7) is 2.38. The summed E-state index contributed by atoms with van der Waals surface area (Å²) in [7, 11) is 4.09. The van der Waals surface area contributed by atoms with Crippen LogP contribution in [-0.4, -0.2) is 22.9 Å². The maximum atomic E-state index is 4.23. The van der Waals surface area contributed by atoms with Gasteiger partial charge in [-0.1, -0.05) is 13.3 Å². The molecule has 1 aromatic heterocycles. The number of rotatable bonds is 5. The molecule has 17 heavy (non-hydrogen) atoms. The molecule has 3 heteroatoms. The Labute approximate surface area is 105 Å². The van der Waals surface area contributed by atoms with E-state index < -0.39 is 0 Å². The SMILES string of the molecule is CNC(CCc1cnn(C)c1)C1CCC(C)C1. The average molecular weight is 235 g/mol. The first-order valence-electron chi connectivity index (χ1n) is 6.84. The lowest BCUT2D eigenvalue weighted by molar-refractivity contribution is 0.351. The lowest BCUT2D eigenvalue weighted by Gasteiger charge is -2.22. The van der Waals surface area contributed by atoms with Crippen molar-refractivity contribution in [3.63, 3.8) is 0 Å². The molecule has 1 aliphatic carbocycles. The number of aryl methyl sites for hydroxylation is 2. The molecule has 1 fully saturated rings. The summed E-state index contributed by atoms with van der Waals surface area (Å²) in [6, 6.07) is 0.681. The van der Waals surface area contributed by atoms with Crippen LogP contribution in [-0.2, 0) is 13.5 Å². The van der Waals surface area contributed by atoms with Gasteiger partial charge in [-0.05, 0) is 50.1 Å². The second kappa shape index (κ2) is 5.67. The van der Waals surface area contributed by atoms with Gasteiger partial charge in [0.05, 0.1) is 6.20 Å². The molecule has 3 unspecified atom stereocenters. The first-order valence-corrected chi connectivity index (χ1v) is 6.84. The summed E-state index contributed by atoms with van der Waals surface area (Å²) in [5, 5.41) is 7.74. The van der Waals surface area contributed by atoms with Gasteiger partial charge in [0.1, 0.15) is 0 Å². The Bertz CT molecular complexity index is 345. The third kappa shape index (κ3) is 3.32. The number of nitrogens with zero attached hydrogens (tertiary/aromatic N) is 2. The fourth-order valence-electron chi connectivity index (χ4n) is 3.16. The minimum atomic E-state index is 0.681. The molecule has 1 N–H and O–H groups in total. The third-order valence-electron chi connectivity index (χ3n) is 4.18. The highest BCUT2D eigenvalue weighted by Crippen LogP contribution is 2.33. The molecular formula is C14H25N3. The molecule has 0 radical (unpaired) electrons. The molecule has 3 nitrogen and oxygen atoms in total. The van der Waals surface area contributed by atoms with E-state index in [-0.39, 0.29) is 0 Å². The first kappa shape index (κ1) is 12.6. The van der Waals surface area contributed by atoms with Gasteiger partial charge in [0.25, 0.3) is 0 Å². The summed E-state index contributed by atoms with van der Waals surface area (Å²) in [5.74, 6) is 1.81. The van der Waals surface area contributed by atoms with E-state index >= 15 is 0 Å². The van der Waals surface area contributed by atoms with Crippen LogP contribution in [0.15, 0.2) is 12.4 Å². The third-order valence-corrected chi connectivity index (χ3v) is 4.18. The van der Waals surface area contributed by atoms with Gasteiger partial charge in [-0.25, -0.2) is 0 Å². The van der Waals surface area contributed by atoms with Crippen molar-refractivity contribution in [1.29, 1.82) is 0 Å². The topological polar surface area (TPSA) is 29.9 Å². The molecule has 1 heterocycles. The van der Waals surface area contributed by atoms with E-state index in [2.05, 4.69) is 30.6 Å². The standard InChI is InChI=1S/C14H25N3/c1-11-4-6-13(8-11)14(15-2)7-5-12-9-16-17(3)10-12/h9-11,13-15H,4-8H2,1-3H3. The smallest absolute Gasteiger partial charge is 0.0521 e. The van der Waals surface area contributed by atoms with Crippen LogP contribution in [0.5, 0.6) is 0 Å². The van der Waals surface area contributed by atoms with Crippen LogP contribution in [0.3, 0.4) is 0 Å². The maximum absolute atomic E-state index is 4.23. The molecule has 0 bridgehead atoms. The Morgan fingerprint density at radius 1 is 1.53 bits per heavy atom. The van der Waals surface area contributed by atoms with E-state index in [4.69, 9.17) is 0 Å². The summed E-state index contributed by atoms with van der Waals surface area (Å²) in [4.78, 5) is 0. The van der Waals surface area contributed by atoms with Crippen LogP contribution in [0.25, 0.3) is 0 Å². The Balaban J connectivity index is 1.83. The van der Waals surface area contributed by atoms with Gasteiger partial charge in [-0.15, -0.1) is 0 Å². The number of hydrogen-bond acceptors (Lipinski definition) is 2. The van der Waals surface area contributed by atoms with Crippen molar-refractivity contribution < 1.29 is 0 Å². The number of nitrogens with one attached hydrogen (secondary N) is 1. The molecule has 0 aliphatic heterocycles. The van der Waals surface area contributed by atoms with Gasteiger partial charge in [0, 0.05) is 19.3 Å². The fourth-order valence-corrected chi connectivity index (χ4v) is 3.16. The van der Waals surface area contributed by atoms with Gasteiger partial charge >= 0.3 is 0 Å². The van der Waals surface area contributed by atoms with Crippen molar-refractivity contribution in [3.05, 3.63) is 18.0 Å². The Morgan fingerprint density at radius 2 is 2.35 bits per heavy atom. The lowest BCUT2D eigenvalue weighted by Crippen LogP contribution is -2.32. The van der Waals surface area contributed by atoms with Crippen molar-refractivity contribution in [1.82, 2.24) is 15.1 Å². The van der Waals surface area contributed by atoms with Crippen LogP contribution in [0.4, 0.5) is 0 Å². The largest absolute Gasteiger partial charge is 0.317 e. The van der Waals surface area contributed by atoms with E-state index in [0.717, 1.165) is 18.3 Å². The molecule has 1 saturated carbocycles. The lowest BCUT2D eigenvalue weighted by atomic mass is 9.92. The highest BCUT2D eigenvalue weighted by molar-refractivity contribution is 5.04. The fraction of sp³-hybridized carbons (Fsp3) is 0.786. The molecule has 1 aliphatic rings. The van der Waals surface area contributed by atoms with Crippen LogP contribution >= 0.6 is 0 Å². The second-order valence-corrected chi connectivity index (χ2v) is 5.63. The predicted molar refractivity (Wildman–Crippen MR) is 70.9 cm³/mol. The first-order chi connectivity index (χ1) is 8.19. The summed E-state index contributed by atoms with van der Waals surface area (Å²) in [6.07, 6.45) is 10.7. The summed E-state index contributed by atoms with van der Waals surface area (Å²) in [5.41, 5.74) is 1.36. The Hall–Kier alpha value is -0.830. The molecular weight excluding hydrogens is 210 g/mol. The quantitative estimate of drug-likeness (QED) is 0.849. The van der Waals surface area contributed by atoms with Gasteiger partial charge in [-0.2, -0.15) is 5.10 Å².